The fourth-order valence-electron chi connectivity index (χ4n) is 8.18. The van der Waals surface area contributed by atoms with Crippen molar-refractivity contribution in [2.45, 2.75) is 0 Å². The highest BCUT2D eigenvalue weighted by Gasteiger charge is 2.26. The fourth-order valence-corrected chi connectivity index (χ4v) is 8.18. The third kappa shape index (κ3) is 4.20. The van der Waals surface area contributed by atoms with Gasteiger partial charge in [0.25, 0.3) is 0 Å². The molecule has 0 spiro atoms. The molecule has 0 saturated heterocycles. The molecule has 0 N–H and O–H groups in total. The number of ether oxygens (including phenoxy) is 1. The molecular formula is C47H30N4O. The number of anilines is 3. The first kappa shape index (κ1) is 28.7. The standard InChI is InChI=1S/C47H30N4O/c1-2-13-32(14-3-1)49-39-18-6-4-15-36(39)38-27-31(25-26-41(38)49)35-17-12-22-44-47(35)37-16-5-7-19-40(37)50(44)33-28-34(30-48-29-33)51-42-20-8-10-23-45(42)52-46-24-11-9-21-43(46)51/h1-30H. The van der Waals surface area contributed by atoms with Crippen molar-refractivity contribution >= 4 is 60.7 Å². The third-order valence-electron chi connectivity index (χ3n) is 10.4. The molecule has 3 aromatic heterocycles. The van der Waals surface area contributed by atoms with Crippen LogP contribution in [0.3, 0.4) is 0 Å². The van der Waals surface area contributed by atoms with Crippen molar-refractivity contribution in [1.82, 2.24) is 14.1 Å². The Kier molecular flexibility index (Phi) is 6.18. The molecule has 7 aromatic carbocycles. The molecule has 10 aromatic rings. The van der Waals surface area contributed by atoms with Gasteiger partial charge in [0.05, 0.1) is 57.2 Å². The van der Waals surface area contributed by atoms with E-state index in [1.165, 1.54) is 43.7 Å². The van der Waals surface area contributed by atoms with E-state index >= 15 is 0 Å². The summed E-state index contributed by atoms with van der Waals surface area (Å²) in [5, 5.41) is 4.90. The topological polar surface area (TPSA) is 35.2 Å². The Balaban J connectivity index is 1.12. The maximum atomic E-state index is 6.31. The zero-order chi connectivity index (χ0) is 34.2. The van der Waals surface area contributed by atoms with Gasteiger partial charge in [-0.2, -0.15) is 0 Å². The normalized spacial score (nSPS) is 12.3. The average Bonchev–Trinajstić information content (AvgIpc) is 3.73. The largest absolute Gasteiger partial charge is 0.453 e. The Morgan fingerprint density at radius 2 is 1.00 bits per heavy atom. The minimum atomic E-state index is 0.817. The fraction of sp³-hybridized carbons (Fsp3) is 0. The van der Waals surface area contributed by atoms with E-state index in [0.29, 0.717) is 0 Å². The Morgan fingerprint density at radius 1 is 0.404 bits per heavy atom. The van der Waals surface area contributed by atoms with Crippen LogP contribution in [0.1, 0.15) is 0 Å². The van der Waals surface area contributed by atoms with Crippen molar-refractivity contribution in [3.05, 3.63) is 182 Å². The molecule has 0 bridgehead atoms. The Labute approximate surface area is 299 Å². The molecule has 11 rings (SSSR count). The summed E-state index contributed by atoms with van der Waals surface area (Å²) in [6, 6.07) is 60.2. The number of rotatable bonds is 4. The molecule has 0 radical (unpaired) electrons. The smallest absolute Gasteiger partial charge is 0.151 e. The summed E-state index contributed by atoms with van der Waals surface area (Å²) in [5.74, 6) is 1.63. The number of fused-ring (bicyclic) bond motifs is 8. The number of nitrogens with zero attached hydrogens (tertiary/aromatic N) is 4. The van der Waals surface area contributed by atoms with Gasteiger partial charge >= 0.3 is 0 Å². The number of pyridine rings is 1. The summed E-state index contributed by atoms with van der Waals surface area (Å²) in [5.41, 5.74) is 12.1. The van der Waals surface area contributed by atoms with E-state index in [0.717, 1.165) is 51.0 Å². The molecule has 5 nitrogen and oxygen atoms in total. The summed E-state index contributed by atoms with van der Waals surface area (Å²) in [7, 11) is 0. The minimum absolute atomic E-state index is 0.817. The number of benzene rings is 7. The number of para-hydroxylation sites is 7. The molecular weight excluding hydrogens is 637 g/mol. The molecule has 0 amide bonds. The minimum Gasteiger partial charge on any atom is -0.453 e. The molecule has 0 atom stereocenters. The lowest BCUT2D eigenvalue weighted by molar-refractivity contribution is 0.477. The SMILES string of the molecule is c1ccc(-n2c3ccccc3c3cc(-c4cccc5c4c4ccccc4n5-c4cncc(N5c6ccccc6Oc6ccccc65)c4)ccc32)cc1. The Bertz CT molecular complexity index is 2970. The molecule has 1 aliphatic rings. The lowest BCUT2D eigenvalue weighted by Crippen LogP contribution is -2.16. The highest BCUT2D eigenvalue weighted by atomic mass is 16.5. The van der Waals surface area contributed by atoms with Gasteiger partial charge in [-0.25, -0.2) is 0 Å². The lowest BCUT2D eigenvalue weighted by Gasteiger charge is -2.32. The van der Waals surface area contributed by atoms with E-state index in [1.807, 2.05) is 48.8 Å². The second-order valence-corrected chi connectivity index (χ2v) is 13.2. The number of hydrogen-bond donors (Lipinski definition) is 0. The molecule has 0 unspecified atom stereocenters. The van der Waals surface area contributed by atoms with Crippen LogP contribution in [-0.4, -0.2) is 14.1 Å². The van der Waals surface area contributed by atoms with E-state index < -0.39 is 0 Å². The molecule has 0 saturated carbocycles. The molecule has 52 heavy (non-hydrogen) atoms. The van der Waals surface area contributed by atoms with E-state index in [2.05, 4.69) is 147 Å². The van der Waals surface area contributed by atoms with Gasteiger partial charge < -0.3 is 18.8 Å². The average molecular weight is 667 g/mol. The van der Waals surface area contributed by atoms with Gasteiger partial charge in [0.2, 0.25) is 0 Å². The molecule has 244 valence electrons. The van der Waals surface area contributed by atoms with Crippen LogP contribution < -0.4 is 9.64 Å². The number of aromatic nitrogens is 3. The van der Waals surface area contributed by atoms with Crippen molar-refractivity contribution in [2.75, 3.05) is 4.90 Å². The highest BCUT2D eigenvalue weighted by molar-refractivity contribution is 6.17. The summed E-state index contributed by atoms with van der Waals surface area (Å²) < 4.78 is 11.0. The van der Waals surface area contributed by atoms with Crippen LogP contribution in [-0.2, 0) is 0 Å². The highest BCUT2D eigenvalue weighted by Crippen LogP contribution is 2.50. The maximum absolute atomic E-state index is 6.31. The van der Waals surface area contributed by atoms with Gasteiger partial charge in [-0.1, -0.05) is 97.1 Å². The van der Waals surface area contributed by atoms with Crippen LogP contribution in [0.15, 0.2) is 182 Å². The monoisotopic (exact) mass is 666 g/mol. The zero-order valence-corrected chi connectivity index (χ0v) is 28.0. The summed E-state index contributed by atoms with van der Waals surface area (Å²) >= 11 is 0. The van der Waals surface area contributed by atoms with Gasteiger partial charge in [-0.15, -0.1) is 0 Å². The summed E-state index contributed by atoms with van der Waals surface area (Å²) in [6.45, 7) is 0. The second kappa shape index (κ2) is 11.2. The van der Waals surface area contributed by atoms with E-state index in [9.17, 15) is 0 Å². The van der Waals surface area contributed by atoms with Gasteiger partial charge in [0.15, 0.2) is 11.5 Å². The van der Waals surface area contributed by atoms with Crippen molar-refractivity contribution in [2.24, 2.45) is 0 Å². The lowest BCUT2D eigenvalue weighted by atomic mass is 9.98. The predicted molar refractivity (Wildman–Crippen MR) is 213 cm³/mol. The van der Waals surface area contributed by atoms with Crippen LogP contribution in [0.2, 0.25) is 0 Å². The van der Waals surface area contributed by atoms with Gasteiger partial charge in [-0.05, 0) is 83.9 Å². The first-order valence-electron chi connectivity index (χ1n) is 17.5. The molecule has 4 heterocycles. The second-order valence-electron chi connectivity index (χ2n) is 13.2. The van der Waals surface area contributed by atoms with Crippen molar-refractivity contribution < 1.29 is 4.74 Å². The molecule has 0 aliphatic carbocycles. The number of hydrogen-bond acceptors (Lipinski definition) is 3. The predicted octanol–water partition coefficient (Wildman–Crippen LogP) is 12.5. The van der Waals surface area contributed by atoms with E-state index in [1.54, 1.807) is 0 Å². The quantitative estimate of drug-likeness (QED) is 0.188. The molecule has 1 aliphatic heterocycles. The molecule has 0 fully saturated rings. The van der Waals surface area contributed by atoms with E-state index in [-0.39, 0.29) is 0 Å². The summed E-state index contributed by atoms with van der Waals surface area (Å²) in [6.07, 6.45) is 3.90. The Hall–Kier alpha value is -7.11. The summed E-state index contributed by atoms with van der Waals surface area (Å²) in [4.78, 5) is 7.08. The van der Waals surface area contributed by atoms with Crippen LogP contribution in [0.4, 0.5) is 17.1 Å². The van der Waals surface area contributed by atoms with Crippen molar-refractivity contribution in [3.63, 3.8) is 0 Å². The first-order valence-corrected chi connectivity index (χ1v) is 17.5. The molecule has 5 heteroatoms. The van der Waals surface area contributed by atoms with Gasteiger partial charge in [-0.3, -0.25) is 4.98 Å². The van der Waals surface area contributed by atoms with E-state index in [4.69, 9.17) is 9.72 Å². The van der Waals surface area contributed by atoms with Gasteiger partial charge in [0.1, 0.15) is 0 Å². The van der Waals surface area contributed by atoms with Gasteiger partial charge in [0, 0.05) is 27.2 Å². The van der Waals surface area contributed by atoms with Crippen LogP contribution >= 0.6 is 0 Å². The van der Waals surface area contributed by atoms with Crippen LogP contribution in [0.25, 0.3) is 66.1 Å². The third-order valence-corrected chi connectivity index (χ3v) is 10.4. The maximum Gasteiger partial charge on any atom is 0.151 e. The Morgan fingerprint density at radius 3 is 1.79 bits per heavy atom. The van der Waals surface area contributed by atoms with Crippen molar-refractivity contribution in [3.8, 4) is 34.0 Å². The van der Waals surface area contributed by atoms with Crippen LogP contribution in [0.5, 0.6) is 11.5 Å². The first-order chi connectivity index (χ1) is 25.8. The van der Waals surface area contributed by atoms with Crippen LogP contribution in [0, 0.1) is 0 Å². The van der Waals surface area contributed by atoms with Crippen molar-refractivity contribution in [1.29, 1.82) is 0 Å². The zero-order valence-electron chi connectivity index (χ0n) is 28.0.